The van der Waals surface area contributed by atoms with Crippen molar-refractivity contribution in [2.45, 2.75) is 33.6 Å². The lowest BCUT2D eigenvalue weighted by Crippen LogP contribution is -2.34. The Balaban J connectivity index is 0.000000409. The van der Waals surface area contributed by atoms with E-state index in [0.717, 1.165) is 35.6 Å². The average molecular weight is 410 g/mol. The molecular formula is C21H31NO5S. The number of rotatable bonds is 3. The molecule has 0 saturated heterocycles. The summed E-state index contributed by atoms with van der Waals surface area (Å²) < 4.78 is 31.8. The third-order valence-electron chi connectivity index (χ3n) is 6.56. The van der Waals surface area contributed by atoms with Crippen molar-refractivity contribution in [1.29, 1.82) is 0 Å². The molecule has 3 rings (SSSR count). The summed E-state index contributed by atoms with van der Waals surface area (Å²) in [6.45, 7) is 6.70. The number of ketones is 1. The van der Waals surface area contributed by atoms with Gasteiger partial charge in [-0.25, -0.2) is 8.42 Å². The van der Waals surface area contributed by atoms with Crippen molar-refractivity contribution < 1.29 is 21.9 Å². The van der Waals surface area contributed by atoms with Crippen LogP contribution >= 0.6 is 0 Å². The molecule has 2 fully saturated rings. The van der Waals surface area contributed by atoms with Crippen LogP contribution in [0.15, 0.2) is 29.8 Å². The first-order valence-corrected chi connectivity index (χ1v) is 10.7. The minimum Gasteiger partial charge on any atom is -0.726 e. The van der Waals surface area contributed by atoms with Crippen LogP contribution in [0.2, 0.25) is 0 Å². The number of hydrogen-bond acceptors (Lipinski definition) is 5. The zero-order chi connectivity index (χ0) is 21.5. The molecule has 0 aromatic heterocycles. The molecule has 0 aliphatic heterocycles. The summed E-state index contributed by atoms with van der Waals surface area (Å²) in [6, 6.07) is 8.61. The zero-order valence-electron chi connectivity index (χ0n) is 17.8. The smallest absolute Gasteiger partial charge is 0.217 e. The lowest BCUT2D eigenvalue weighted by atomic mass is 9.70. The van der Waals surface area contributed by atoms with Crippen molar-refractivity contribution in [3.8, 4) is 0 Å². The van der Waals surface area contributed by atoms with Crippen LogP contribution in [0.25, 0.3) is 6.08 Å². The lowest BCUT2D eigenvalue weighted by Gasteiger charge is -2.31. The van der Waals surface area contributed by atoms with Crippen LogP contribution in [-0.2, 0) is 19.4 Å². The topological polar surface area (TPSA) is 83.5 Å². The maximum Gasteiger partial charge on any atom is 0.217 e. The number of benzene rings is 1. The van der Waals surface area contributed by atoms with Gasteiger partial charge in [-0.05, 0) is 65.7 Å². The number of quaternary nitrogens is 1. The van der Waals surface area contributed by atoms with Crippen LogP contribution in [0.5, 0.6) is 0 Å². The molecule has 2 atom stereocenters. The first-order valence-electron chi connectivity index (χ1n) is 9.33. The molecule has 0 radical (unpaired) electrons. The Kier molecular flexibility index (Phi) is 5.99. The van der Waals surface area contributed by atoms with E-state index in [1.807, 2.05) is 0 Å². The third kappa shape index (κ3) is 4.22. The van der Waals surface area contributed by atoms with E-state index in [1.54, 1.807) is 0 Å². The minimum atomic E-state index is -4.41. The van der Waals surface area contributed by atoms with Gasteiger partial charge < -0.3 is 4.55 Å². The first-order chi connectivity index (χ1) is 12.6. The molecule has 0 spiro atoms. The number of fused-ring (bicyclic) bond motifs is 2. The van der Waals surface area contributed by atoms with Crippen molar-refractivity contribution in [2.75, 3.05) is 28.3 Å². The summed E-state index contributed by atoms with van der Waals surface area (Å²) >= 11 is 0. The fourth-order valence-electron chi connectivity index (χ4n) is 4.29. The summed E-state index contributed by atoms with van der Waals surface area (Å²) in [5.74, 6) is 0.799. The third-order valence-corrected chi connectivity index (χ3v) is 6.97. The predicted octanol–water partition coefficient (Wildman–Crippen LogP) is 3.38. The highest BCUT2D eigenvalue weighted by Gasteiger charge is 2.63. The van der Waals surface area contributed by atoms with E-state index < -0.39 is 10.4 Å². The van der Waals surface area contributed by atoms with Crippen LogP contribution in [0.3, 0.4) is 0 Å². The zero-order valence-corrected chi connectivity index (χ0v) is 18.6. The van der Waals surface area contributed by atoms with Gasteiger partial charge in [0.25, 0.3) is 0 Å². The molecule has 1 aromatic carbocycles. The number of hydrogen-bond donors (Lipinski definition) is 0. The van der Waals surface area contributed by atoms with Crippen LogP contribution < -0.4 is 4.48 Å². The molecule has 0 N–H and O–H groups in total. The Bertz CT molecular complexity index is 878. The molecule has 2 saturated carbocycles. The predicted molar refractivity (Wildman–Crippen MR) is 110 cm³/mol. The van der Waals surface area contributed by atoms with E-state index in [4.69, 9.17) is 0 Å². The minimum absolute atomic E-state index is 0.0954. The molecule has 2 bridgehead atoms. The molecule has 7 heteroatoms. The molecular weight excluding hydrogens is 378 g/mol. The highest BCUT2D eigenvalue weighted by atomic mass is 32.3. The second-order valence-corrected chi connectivity index (χ2v) is 10.4. The summed E-state index contributed by atoms with van der Waals surface area (Å²) in [7, 11) is 2.88. The van der Waals surface area contributed by atoms with E-state index in [2.05, 4.69) is 76.4 Å². The Morgan fingerprint density at radius 1 is 1.14 bits per heavy atom. The van der Waals surface area contributed by atoms with Gasteiger partial charge in [-0.15, -0.1) is 0 Å². The van der Waals surface area contributed by atoms with Gasteiger partial charge >= 0.3 is 0 Å². The van der Waals surface area contributed by atoms with Crippen LogP contribution in [0, 0.1) is 16.7 Å². The second kappa shape index (κ2) is 7.37. The molecule has 0 heterocycles. The fraction of sp³-hybridized carbons (Fsp3) is 0.571. The van der Waals surface area contributed by atoms with Gasteiger partial charge in [-0.3, -0.25) is 13.5 Å². The van der Waals surface area contributed by atoms with Crippen molar-refractivity contribution in [3.63, 3.8) is 0 Å². The van der Waals surface area contributed by atoms with Crippen molar-refractivity contribution in [1.82, 2.24) is 4.48 Å². The molecule has 0 amide bonds. The molecule has 1 aromatic rings. The summed E-state index contributed by atoms with van der Waals surface area (Å²) in [5.41, 5.74) is 3.40. The van der Waals surface area contributed by atoms with Gasteiger partial charge in [0.15, 0.2) is 5.78 Å². The second-order valence-electron chi connectivity index (χ2n) is 9.25. The van der Waals surface area contributed by atoms with E-state index in [0.29, 0.717) is 11.7 Å². The number of nitrogens with zero attached hydrogens (tertiary/aromatic N) is 1. The first kappa shape index (κ1) is 22.7. The Morgan fingerprint density at radius 3 is 2.00 bits per heavy atom. The van der Waals surface area contributed by atoms with E-state index in [9.17, 15) is 17.8 Å². The van der Waals surface area contributed by atoms with Crippen LogP contribution in [0.1, 0.15) is 39.2 Å². The normalized spacial score (nSPS) is 27.6. The van der Waals surface area contributed by atoms with Crippen molar-refractivity contribution >= 4 is 27.9 Å². The largest absolute Gasteiger partial charge is 0.726 e. The quantitative estimate of drug-likeness (QED) is 0.331. The van der Waals surface area contributed by atoms with Crippen LogP contribution in [0.4, 0.5) is 5.69 Å². The number of carbonyl (C=O) groups is 1. The Morgan fingerprint density at radius 2 is 1.64 bits per heavy atom. The standard InChI is InChI=1S/C20H28NO.CH4O4S/c1-19(2)17-11-12-20(19,3)18(22)16(17)13-14-7-9-15(10-8-14)21(4,5)6;1-5-6(2,3)4/h7-10,13,17H,11-12H2,1-6H3;1H3,(H,2,3,4)/q+1;/p-1/b16-13+;. The number of carbonyl (C=O) groups excluding carboxylic acids is 1. The van der Waals surface area contributed by atoms with Gasteiger partial charge in [0.2, 0.25) is 10.4 Å². The van der Waals surface area contributed by atoms with Crippen LogP contribution in [-0.4, -0.2) is 47.0 Å². The Labute approximate surface area is 168 Å². The highest BCUT2D eigenvalue weighted by molar-refractivity contribution is 7.80. The highest BCUT2D eigenvalue weighted by Crippen LogP contribution is 2.65. The summed E-state index contributed by atoms with van der Waals surface area (Å²) in [5, 5.41) is 0. The molecule has 6 nitrogen and oxygen atoms in total. The molecule has 2 unspecified atom stereocenters. The monoisotopic (exact) mass is 409 g/mol. The molecule has 28 heavy (non-hydrogen) atoms. The lowest BCUT2D eigenvalue weighted by molar-refractivity contribution is -0.125. The van der Waals surface area contributed by atoms with Gasteiger partial charge in [0, 0.05) is 5.41 Å². The number of allylic oxidation sites excluding steroid dienone is 1. The van der Waals surface area contributed by atoms with Crippen molar-refractivity contribution in [2.24, 2.45) is 16.7 Å². The fourth-order valence-corrected chi connectivity index (χ4v) is 4.29. The SMILES string of the molecule is CC12CCC(/C(=C\c3ccc([N+](C)(C)C)cc3)C1=O)C2(C)C.COS(=O)(=O)[O-]. The Hall–Kier alpha value is -1.54. The molecule has 156 valence electrons. The van der Waals surface area contributed by atoms with Crippen molar-refractivity contribution in [3.05, 3.63) is 35.4 Å². The average Bonchev–Trinajstić information content (AvgIpc) is 2.88. The van der Waals surface area contributed by atoms with Gasteiger partial charge in [-0.1, -0.05) is 20.8 Å². The molecule has 2 aliphatic rings. The summed E-state index contributed by atoms with van der Waals surface area (Å²) in [6.07, 6.45) is 4.33. The van der Waals surface area contributed by atoms with E-state index >= 15 is 0 Å². The summed E-state index contributed by atoms with van der Waals surface area (Å²) in [4.78, 5) is 12.9. The van der Waals surface area contributed by atoms with E-state index in [1.165, 1.54) is 5.69 Å². The van der Waals surface area contributed by atoms with Gasteiger partial charge in [0.1, 0.15) is 5.69 Å². The maximum atomic E-state index is 12.9. The molecule has 2 aliphatic carbocycles. The number of Topliss-reactive ketones (excluding diaryl/α,β-unsaturated/α-hetero) is 1. The van der Waals surface area contributed by atoms with Gasteiger partial charge in [0.05, 0.1) is 28.3 Å². The van der Waals surface area contributed by atoms with Gasteiger partial charge in [-0.2, -0.15) is 0 Å². The maximum absolute atomic E-state index is 12.9. The van der Waals surface area contributed by atoms with E-state index in [-0.39, 0.29) is 10.8 Å².